The standard InChI is InChI=1S/C19H26N2O2/c1-2-15-5-7-16(8-6-15)19(23)20-12-9-17(10-13-20)21-11-3-4-18(22)14-21/h2,5-8,17-18,22H,1,3-4,9-14H2/t18-/m1/s1. The Labute approximate surface area is 138 Å². The van der Waals surface area contributed by atoms with E-state index in [0.29, 0.717) is 6.04 Å². The van der Waals surface area contributed by atoms with Gasteiger partial charge in [-0.2, -0.15) is 0 Å². The molecule has 1 atom stereocenters. The molecule has 2 heterocycles. The number of aliphatic hydroxyl groups excluding tert-OH is 1. The lowest BCUT2D eigenvalue weighted by Crippen LogP contribution is -2.50. The van der Waals surface area contributed by atoms with Crippen molar-refractivity contribution in [2.75, 3.05) is 26.2 Å². The largest absolute Gasteiger partial charge is 0.392 e. The smallest absolute Gasteiger partial charge is 0.253 e. The molecule has 0 bridgehead atoms. The van der Waals surface area contributed by atoms with Crippen LogP contribution in [0.4, 0.5) is 0 Å². The number of rotatable bonds is 3. The van der Waals surface area contributed by atoms with Crippen LogP contribution in [0.2, 0.25) is 0 Å². The minimum atomic E-state index is -0.174. The minimum Gasteiger partial charge on any atom is -0.392 e. The first-order chi connectivity index (χ1) is 11.2. The predicted octanol–water partition coefficient (Wildman–Crippen LogP) is 2.39. The molecule has 1 amide bonds. The summed E-state index contributed by atoms with van der Waals surface area (Å²) >= 11 is 0. The molecule has 2 fully saturated rings. The lowest BCUT2D eigenvalue weighted by atomic mass is 9.98. The molecule has 0 unspecified atom stereocenters. The molecule has 1 N–H and O–H groups in total. The van der Waals surface area contributed by atoms with Crippen LogP contribution in [0, 0.1) is 0 Å². The molecular formula is C19H26N2O2. The lowest BCUT2D eigenvalue weighted by Gasteiger charge is -2.41. The van der Waals surface area contributed by atoms with Gasteiger partial charge in [-0.3, -0.25) is 9.69 Å². The van der Waals surface area contributed by atoms with Crippen molar-refractivity contribution in [1.82, 2.24) is 9.80 Å². The number of aliphatic hydroxyl groups is 1. The van der Waals surface area contributed by atoms with Crippen LogP contribution < -0.4 is 0 Å². The highest BCUT2D eigenvalue weighted by atomic mass is 16.3. The van der Waals surface area contributed by atoms with Crippen molar-refractivity contribution in [2.24, 2.45) is 0 Å². The van der Waals surface area contributed by atoms with Crippen molar-refractivity contribution in [1.29, 1.82) is 0 Å². The molecule has 1 aromatic carbocycles. The second kappa shape index (κ2) is 7.28. The average molecular weight is 314 g/mol. The Hall–Kier alpha value is -1.65. The predicted molar refractivity (Wildman–Crippen MR) is 92.3 cm³/mol. The Morgan fingerprint density at radius 2 is 1.83 bits per heavy atom. The average Bonchev–Trinajstić information content (AvgIpc) is 2.61. The minimum absolute atomic E-state index is 0.123. The zero-order chi connectivity index (χ0) is 16.2. The molecule has 1 aromatic rings. The van der Waals surface area contributed by atoms with Crippen LogP contribution in [-0.4, -0.2) is 59.1 Å². The summed E-state index contributed by atoms with van der Waals surface area (Å²) in [6.45, 7) is 7.22. The van der Waals surface area contributed by atoms with Gasteiger partial charge in [-0.1, -0.05) is 24.8 Å². The number of amides is 1. The van der Waals surface area contributed by atoms with Gasteiger partial charge in [0.15, 0.2) is 0 Å². The first-order valence-electron chi connectivity index (χ1n) is 8.61. The molecule has 124 valence electrons. The summed E-state index contributed by atoms with van der Waals surface area (Å²) < 4.78 is 0. The fraction of sp³-hybridized carbons (Fsp3) is 0.526. The molecule has 0 aromatic heterocycles. The van der Waals surface area contributed by atoms with Crippen LogP contribution in [0.5, 0.6) is 0 Å². The third-order valence-electron chi connectivity index (χ3n) is 5.09. The molecule has 2 aliphatic rings. The zero-order valence-electron chi connectivity index (χ0n) is 13.7. The number of hydrogen-bond donors (Lipinski definition) is 1. The van der Waals surface area contributed by atoms with E-state index in [1.165, 1.54) is 0 Å². The van der Waals surface area contributed by atoms with E-state index in [0.717, 1.165) is 63.0 Å². The molecule has 0 aliphatic carbocycles. The number of benzene rings is 1. The van der Waals surface area contributed by atoms with Gasteiger partial charge in [0.2, 0.25) is 0 Å². The Morgan fingerprint density at radius 1 is 1.13 bits per heavy atom. The fourth-order valence-electron chi connectivity index (χ4n) is 3.69. The van der Waals surface area contributed by atoms with Gasteiger partial charge in [0, 0.05) is 31.2 Å². The molecule has 2 aliphatic heterocycles. The van der Waals surface area contributed by atoms with Crippen molar-refractivity contribution >= 4 is 12.0 Å². The molecule has 4 nitrogen and oxygen atoms in total. The van der Waals surface area contributed by atoms with Crippen molar-refractivity contribution in [3.8, 4) is 0 Å². The number of nitrogens with zero attached hydrogens (tertiary/aromatic N) is 2. The molecule has 4 heteroatoms. The number of carbonyl (C=O) groups is 1. The van der Waals surface area contributed by atoms with Gasteiger partial charge < -0.3 is 10.0 Å². The van der Waals surface area contributed by atoms with Gasteiger partial charge in [0.05, 0.1) is 6.10 Å². The highest BCUT2D eigenvalue weighted by Crippen LogP contribution is 2.22. The van der Waals surface area contributed by atoms with E-state index >= 15 is 0 Å². The number of likely N-dealkylation sites (tertiary alicyclic amines) is 2. The Kier molecular flexibility index (Phi) is 5.13. The van der Waals surface area contributed by atoms with Crippen LogP contribution in [0.3, 0.4) is 0 Å². The second-order valence-corrected chi connectivity index (χ2v) is 6.64. The van der Waals surface area contributed by atoms with Crippen molar-refractivity contribution in [3.63, 3.8) is 0 Å². The summed E-state index contributed by atoms with van der Waals surface area (Å²) in [4.78, 5) is 17.0. The summed E-state index contributed by atoms with van der Waals surface area (Å²) in [6.07, 6.45) is 5.62. The van der Waals surface area contributed by atoms with Crippen LogP contribution in [0.25, 0.3) is 6.08 Å². The van der Waals surface area contributed by atoms with Gasteiger partial charge in [-0.25, -0.2) is 0 Å². The third-order valence-corrected chi connectivity index (χ3v) is 5.09. The topological polar surface area (TPSA) is 43.8 Å². The third kappa shape index (κ3) is 3.82. The SMILES string of the molecule is C=Cc1ccc(C(=O)N2CCC(N3CCC[C@@H](O)C3)CC2)cc1. The first-order valence-corrected chi connectivity index (χ1v) is 8.61. The van der Waals surface area contributed by atoms with E-state index in [2.05, 4.69) is 11.5 Å². The van der Waals surface area contributed by atoms with Crippen molar-refractivity contribution in [3.05, 3.63) is 42.0 Å². The maximum atomic E-state index is 12.6. The number of carbonyl (C=O) groups excluding carboxylic acids is 1. The van der Waals surface area contributed by atoms with Crippen LogP contribution in [-0.2, 0) is 0 Å². The Balaban J connectivity index is 1.55. The number of hydrogen-bond acceptors (Lipinski definition) is 3. The van der Waals surface area contributed by atoms with Crippen LogP contribution in [0.15, 0.2) is 30.8 Å². The Bertz CT molecular complexity index is 547. The van der Waals surface area contributed by atoms with Gasteiger partial charge in [0.25, 0.3) is 5.91 Å². The molecule has 0 radical (unpaired) electrons. The summed E-state index contributed by atoms with van der Waals surface area (Å²) in [6, 6.07) is 8.14. The maximum Gasteiger partial charge on any atom is 0.253 e. The number of β-amino-alcohol motifs (C(OH)–C–C–N with tert-alkyl or cyclic N) is 1. The molecule has 0 spiro atoms. The molecule has 0 saturated carbocycles. The molecule has 3 rings (SSSR count). The number of piperidine rings is 2. The fourth-order valence-corrected chi connectivity index (χ4v) is 3.69. The van der Waals surface area contributed by atoms with E-state index in [1.54, 1.807) is 6.08 Å². The maximum absolute atomic E-state index is 12.6. The van der Waals surface area contributed by atoms with Crippen molar-refractivity contribution in [2.45, 2.75) is 37.8 Å². The molecule has 23 heavy (non-hydrogen) atoms. The van der Waals surface area contributed by atoms with Gasteiger partial charge >= 0.3 is 0 Å². The molecular weight excluding hydrogens is 288 g/mol. The second-order valence-electron chi connectivity index (χ2n) is 6.64. The first kappa shape index (κ1) is 16.2. The molecule has 2 saturated heterocycles. The van der Waals surface area contributed by atoms with Gasteiger partial charge in [-0.05, 0) is 49.9 Å². The summed E-state index contributed by atoms with van der Waals surface area (Å²) in [5.74, 6) is 0.123. The normalized spacial score (nSPS) is 23.7. The highest BCUT2D eigenvalue weighted by molar-refractivity contribution is 5.94. The van der Waals surface area contributed by atoms with E-state index < -0.39 is 0 Å². The van der Waals surface area contributed by atoms with Gasteiger partial charge in [0.1, 0.15) is 0 Å². The van der Waals surface area contributed by atoms with E-state index in [1.807, 2.05) is 29.2 Å². The highest BCUT2D eigenvalue weighted by Gasteiger charge is 2.29. The van der Waals surface area contributed by atoms with E-state index in [4.69, 9.17) is 0 Å². The Morgan fingerprint density at radius 3 is 2.43 bits per heavy atom. The van der Waals surface area contributed by atoms with Crippen LogP contribution >= 0.6 is 0 Å². The summed E-state index contributed by atoms with van der Waals surface area (Å²) in [5, 5.41) is 9.83. The zero-order valence-corrected chi connectivity index (χ0v) is 13.7. The monoisotopic (exact) mass is 314 g/mol. The van der Waals surface area contributed by atoms with Gasteiger partial charge in [-0.15, -0.1) is 0 Å². The summed E-state index contributed by atoms with van der Waals surface area (Å²) in [7, 11) is 0. The van der Waals surface area contributed by atoms with E-state index in [-0.39, 0.29) is 12.0 Å². The summed E-state index contributed by atoms with van der Waals surface area (Å²) in [5.41, 5.74) is 1.78. The van der Waals surface area contributed by atoms with Crippen molar-refractivity contribution < 1.29 is 9.90 Å². The van der Waals surface area contributed by atoms with Crippen LogP contribution in [0.1, 0.15) is 41.6 Å². The quantitative estimate of drug-likeness (QED) is 0.931. The van der Waals surface area contributed by atoms with E-state index in [9.17, 15) is 9.90 Å². The lowest BCUT2D eigenvalue weighted by molar-refractivity contribution is 0.0241.